The molecule has 2 heterocycles. The molecule has 9 aromatic rings. The predicted molar refractivity (Wildman–Crippen MR) is 283 cm³/mol. The first-order valence-corrected chi connectivity index (χ1v) is 23.7. The van der Waals surface area contributed by atoms with Gasteiger partial charge in [-0.1, -0.05) is 172 Å². The highest BCUT2D eigenvalue weighted by Gasteiger charge is 2.47. The molecule has 0 radical (unpaired) electrons. The van der Waals surface area contributed by atoms with Gasteiger partial charge in [-0.3, -0.25) is 4.98 Å². The van der Waals surface area contributed by atoms with Crippen molar-refractivity contribution in [3.05, 3.63) is 263 Å². The first-order valence-electron chi connectivity index (χ1n) is 23.7. The van der Waals surface area contributed by atoms with Crippen molar-refractivity contribution < 1.29 is 4.74 Å². The molecule has 0 atom stereocenters. The number of benzene rings is 8. The van der Waals surface area contributed by atoms with E-state index in [4.69, 9.17) is 9.72 Å². The third-order valence-electron chi connectivity index (χ3n) is 14.0. The van der Waals surface area contributed by atoms with Crippen molar-refractivity contribution in [3.8, 4) is 44.9 Å². The molecular weight excluding hydrogens is 827 g/mol. The Morgan fingerprint density at radius 3 is 1.82 bits per heavy atom. The van der Waals surface area contributed by atoms with Gasteiger partial charge in [-0.05, 0) is 141 Å². The van der Waals surface area contributed by atoms with Crippen molar-refractivity contribution in [2.45, 2.75) is 52.4 Å². The maximum atomic E-state index is 6.90. The average molecular weight is 882 g/mol. The fourth-order valence-corrected chi connectivity index (χ4v) is 10.6. The first-order chi connectivity index (χ1) is 33.1. The molecule has 8 aromatic carbocycles. The Labute approximate surface area is 401 Å². The summed E-state index contributed by atoms with van der Waals surface area (Å²) in [5.41, 5.74) is 20.7. The molecule has 11 rings (SSSR count). The van der Waals surface area contributed by atoms with Gasteiger partial charge in [0.1, 0.15) is 11.5 Å². The standard InChI is InChI=1S/C64H55N3O/c1-43-19-14-20-44(2)62(43)48-24-16-28-52(37-48)67-42-66(41-60(67)46-21-8-7-9-22-46)51-27-18-30-54(39-51)68-53-29-17-26-50(38-53)64(58-33-12-10-31-55(58)56-32-11-13-34-59(56)64)61-35-45(3)57(40-65-61)47-23-15-25-49(36-47)63(4,5)6/h7-41H,42H2,1-6H3. The molecule has 0 spiro atoms. The molecule has 1 aliphatic carbocycles. The molecule has 0 fully saturated rings. The zero-order valence-electron chi connectivity index (χ0n) is 39.7. The number of fused-ring (bicyclic) bond motifs is 3. The first kappa shape index (κ1) is 42.7. The van der Waals surface area contributed by atoms with Crippen LogP contribution >= 0.6 is 0 Å². The Kier molecular flexibility index (Phi) is 10.7. The van der Waals surface area contributed by atoms with Gasteiger partial charge >= 0.3 is 0 Å². The molecule has 1 aromatic heterocycles. The second-order valence-electron chi connectivity index (χ2n) is 19.4. The molecule has 332 valence electrons. The Hall–Kier alpha value is -7.95. The van der Waals surface area contributed by atoms with Crippen LogP contribution in [0.15, 0.2) is 213 Å². The lowest BCUT2D eigenvalue weighted by atomic mass is 9.69. The van der Waals surface area contributed by atoms with E-state index in [-0.39, 0.29) is 5.41 Å². The zero-order valence-corrected chi connectivity index (χ0v) is 39.7. The van der Waals surface area contributed by atoms with Crippen LogP contribution in [0.3, 0.4) is 0 Å². The number of pyridine rings is 1. The van der Waals surface area contributed by atoms with Crippen LogP contribution in [0.4, 0.5) is 11.4 Å². The van der Waals surface area contributed by atoms with E-state index in [1.165, 1.54) is 61.2 Å². The summed E-state index contributed by atoms with van der Waals surface area (Å²) < 4.78 is 6.90. The van der Waals surface area contributed by atoms with Crippen LogP contribution in [-0.4, -0.2) is 11.7 Å². The maximum absolute atomic E-state index is 6.90. The molecular formula is C64H55N3O. The lowest BCUT2D eigenvalue weighted by molar-refractivity contribution is 0.481. The molecule has 0 saturated heterocycles. The predicted octanol–water partition coefficient (Wildman–Crippen LogP) is 16.1. The number of anilines is 2. The van der Waals surface area contributed by atoms with Gasteiger partial charge < -0.3 is 14.5 Å². The zero-order chi connectivity index (χ0) is 46.6. The summed E-state index contributed by atoms with van der Waals surface area (Å²) in [6.45, 7) is 14.1. The number of aryl methyl sites for hydroxylation is 3. The SMILES string of the molecule is Cc1cc(C2(c3cccc(Oc4cccc(N5C=C(c6ccccc6)N(c6cccc(-c7c(C)cccc7C)c6)C5)c4)c3)c3ccccc3-c3ccccc32)ncc1-c1cccc(C(C)(C)C)c1. The van der Waals surface area contributed by atoms with Gasteiger partial charge in [0.15, 0.2) is 0 Å². The van der Waals surface area contributed by atoms with Crippen LogP contribution in [0.1, 0.15) is 71.0 Å². The van der Waals surface area contributed by atoms with Crippen LogP contribution < -0.4 is 14.5 Å². The topological polar surface area (TPSA) is 28.6 Å². The Morgan fingerprint density at radius 2 is 1.10 bits per heavy atom. The molecule has 0 amide bonds. The van der Waals surface area contributed by atoms with Crippen LogP contribution in [-0.2, 0) is 10.8 Å². The van der Waals surface area contributed by atoms with Crippen LogP contribution in [0, 0.1) is 20.8 Å². The van der Waals surface area contributed by atoms with Crippen molar-refractivity contribution in [2.24, 2.45) is 0 Å². The molecule has 4 nitrogen and oxygen atoms in total. The van der Waals surface area contributed by atoms with Gasteiger partial charge in [0.2, 0.25) is 0 Å². The third-order valence-corrected chi connectivity index (χ3v) is 14.0. The van der Waals surface area contributed by atoms with E-state index in [0.717, 1.165) is 51.0 Å². The fourth-order valence-electron chi connectivity index (χ4n) is 10.6. The van der Waals surface area contributed by atoms with Gasteiger partial charge in [0.25, 0.3) is 0 Å². The lowest BCUT2D eigenvalue weighted by Gasteiger charge is -2.33. The van der Waals surface area contributed by atoms with Crippen LogP contribution in [0.25, 0.3) is 39.1 Å². The molecule has 0 N–H and O–H groups in total. The highest BCUT2D eigenvalue weighted by atomic mass is 16.5. The minimum Gasteiger partial charge on any atom is -0.457 e. The van der Waals surface area contributed by atoms with Crippen molar-refractivity contribution in [3.63, 3.8) is 0 Å². The number of ether oxygens (including phenoxy) is 1. The summed E-state index contributed by atoms with van der Waals surface area (Å²) in [4.78, 5) is 10.2. The lowest BCUT2D eigenvalue weighted by Crippen LogP contribution is -2.30. The number of aromatic nitrogens is 1. The van der Waals surface area contributed by atoms with Gasteiger partial charge in [0.05, 0.1) is 23.5 Å². The Balaban J connectivity index is 0.957. The summed E-state index contributed by atoms with van der Waals surface area (Å²) >= 11 is 0. The Bertz CT molecular complexity index is 3330. The van der Waals surface area contributed by atoms with E-state index in [0.29, 0.717) is 6.67 Å². The smallest absolute Gasteiger partial charge is 0.129 e. The molecule has 0 bridgehead atoms. The molecule has 1 aliphatic heterocycles. The Morgan fingerprint density at radius 1 is 0.500 bits per heavy atom. The van der Waals surface area contributed by atoms with Gasteiger partial charge in [-0.2, -0.15) is 0 Å². The van der Waals surface area contributed by atoms with Crippen molar-refractivity contribution in [2.75, 3.05) is 16.5 Å². The maximum Gasteiger partial charge on any atom is 0.129 e. The number of rotatable bonds is 9. The summed E-state index contributed by atoms with van der Waals surface area (Å²) in [5.74, 6) is 1.53. The summed E-state index contributed by atoms with van der Waals surface area (Å²) in [7, 11) is 0. The van der Waals surface area contributed by atoms with Gasteiger partial charge in [-0.25, -0.2) is 0 Å². The molecule has 0 unspecified atom stereocenters. The van der Waals surface area contributed by atoms with Crippen molar-refractivity contribution in [1.82, 2.24) is 4.98 Å². The fraction of sp³-hybridized carbons (Fsp3) is 0.141. The highest BCUT2D eigenvalue weighted by Crippen LogP contribution is 2.56. The highest BCUT2D eigenvalue weighted by molar-refractivity contribution is 5.88. The molecule has 0 saturated carbocycles. The largest absolute Gasteiger partial charge is 0.457 e. The van der Waals surface area contributed by atoms with E-state index in [1.807, 2.05) is 6.07 Å². The van der Waals surface area contributed by atoms with Gasteiger partial charge in [-0.15, -0.1) is 0 Å². The number of hydrogen-bond donors (Lipinski definition) is 0. The number of nitrogens with zero attached hydrogens (tertiary/aromatic N) is 3. The normalized spacial score (nSPS) is 13.8. The second kappa shape index (κ2) is 17.0. The molecule has 4 heteroatoms. The van der Waals surface area contributed by atoms with E-state index in [2.05, 4.69) is 258 Å². The summed E-state index contributed by atoms with van der Waals surface area (Å²) in [6, 6.07) is 72.1. The number of hydrogen-bond acceptors (Lipinski definition) is 4. The van der Waals surface area contributed by atoms with Gasteiger partial charge in [0, 0.05) is 35.4 Å². The van der Waals surface area contributed by atoms with Crippen LogP contribution in [0.2, 0.25) is 0 Å². The second-order valence-corrected chi connectivity index (χ2v) is 19.4. The van der Waals surface area contributed by atoms with E-state index < -0.39 is 5.41 Å². The monoisotopic (exact) mass is 881 g/mol. The third kappa shape index (κ3) is 7.47. The summed E-state index contributed by atoms with van der Waals surface area (Å²) in [6.07, 6.45) is 4.35. The minimum absolute atomic E-state index is 0.0419. The van der Waals surface area contributed by atoms with Crippen molar-refractivity contribution >= 4 is 17.1 Å². The van der Waals surface area contributed by atoms with Crippen molar-refractivity contribution in [1.29, 1.82) is 0 Å². The summed E-state index contributed by atoms with van der Waals surface area (Å²) in [5, 5.41) is 0. The molecule has 68 heavy (non-hydrogen) atoms. The van der Waals surface area contributed by atoms with E-state index >= 15 is 0 Å². The van der Waals surface area contributed by atoms with Crippen LogP contribution in [0.5, 0.6) is 11.5 Å². The minimum atomic E-state index is -0.683. The van der Waals surface area contributed by atoms with E-state index in [9.17, 15) is 0 Å². The quantitative estimate of drug-likeness (QED) is 0.144. The average Bonchev–Trinajstić information content (AvgIpc) is 3.94. The molecule has 2 aliphatic rings. The van der Waals surface area contributed by atoms with E-state index in [1.54, 1.807) is 0 Å².